The number of hydrogen-bond acceptors (Lipinski definition) is 3. The zero-order valence-corrected chi connectivity index (χ0v) is 11.3. The molecular formula is C15H20FNO2. The van der Waals surface area contributed by atoms with Crippen LogP contribution in [0.2, 0.25) is 0 Å². The first-order chi connectivity index (χ1) is 9.31. The standard InChI is InChI=1S/C15H20FNO2/c1-18-13-8-12(14-9-17-6-7-19-14)15(16)11-5-3-2-4-10(11)13/h8,14,17H,2-7,9H2,1H3. The number of benzene rings is 1. The van der Waals surface area contributed by atoms with Crippen LogP contribution in [0.4, 0.5) is 4.39 Å². The lowest BCUT2D eigenvalue weighted by atomic mass is 9.87. The maximum atomic E-state index is 14.7. The van der Waals surface area contributed by atoms with Crippen molar-refractivity contribution in [1.82, 2.24) is 5.32 Å². The maximum absolute atomic E-state index is 14.7. The molecule has 104 valence electrons. The van der Waals surface area contributed by atoms with Gasteiger partial charge in [0.25, 0.3) is 0 Å². The van der Waals surface area contributed by atoms with E-state index in [9.17, 15) is 4.39 Å². The number of ether oxygens (including phenoxy) is 2. The van der Waals surface area contributed by atoms with Crippen LogP contribution < -0.4 is 10.1 Å². The van der Waals surface area contributed by atoms with E-state index in [1.165, 1.54) is 0 Å². The number of fused-ring (bicyclic) bond motifs is 1. The summed E-state index contributed by atoms with van der Waals surface area (Å²) < 4.78 is 25.8. The van der Waals surface area contributed by atoms with Crippen LogP contribution in [0.1, 0.15) is 35.6 Å². The molecule has 0 amide bonds. The van der Waals surface area contributed by atoms with E-state index in [1.54, 1.807) is 7.11 Å². The Kier molecular flexibility index (Phi) is 3.71. The number of morpholine rings is 1. The Labute approximate surface area is 113 Å². The Balaban J connectivity index is 2.04. The molecule has 3 nitrogen and oxygen atoms in total. The van der Waals surface area contributed by atoms with Crippen molar-refractivity contribution in [2.24, 2.45) is 0 Å². The lowest BCUT2D eigenvalue weighted by molar-refractivity contribution is 0.0252. The van der Waals surface area contributed by atoms with Crippen LogP contribution in [0.25, 0.3) is 0 Å². The van der Waals surface area contributed by atoms with Crippen LogP contribution in [0.3, 0.4) is 0 Å². The van der Waals surface area contributed by atoms with Crippen molar-refractivity contribution in [2.45, 2.75) is 31.8 Å². The number of nitrogens with one attached hydrogen (secondary N) is 1. The van der Waals surface area contributed by atoms with Gasteiger partial charge in [0.2, 0.25) is 0 Å². The van der Waals surface area contributed by atoms with Crippen LogP contribution in [0.15, 0.2) is 6.07 Å². The molecule has 0 radical (unpaired) electrons. The van der Waals surface area contributed by atoms with Gasteiger partial charge in [0.1, 0.15) is 11.6 Å². The molecule has 1 aliphatic heterocycles. The Hall–Kier alpha value is -1.13. The molecule has 2 aliphatic rings. The lowest BCUT2D eigenvalue weighted by Gasteiger charge is -2.27. The fourth-order valence-electron chi connectivity index (χ4n) is 3.07. The summed E-state index contributed by atoms with van der Waals surface area (Å²) in [4.78, 5) is 0. The summed E-state index contributed by atoms with van der Waals surface area (Å²) in [7, 11) is 1.66. The molecule has 1 fully saturated rings. The zero-order chi connectivity index (χ0) is 13.2. The van der Waals surface area contributed by atoms with Gasteiger partial charge in [0, 0.05) is 24.2 Å². The summed E-state index contributed by atoms with van der Waals surface area (Å²) in [5.74, 6) is 0.740. The van der Waals surface area contributed by atoms with E-state index in [4.69, 9.17) is 9.47 Å². The van der Waals surface area contributed by atoms with Crippen LogP contribution in [-0.4, -0.2) is 26.8 Å². The second-order valence-corrected chi connectivity index (χ2v) is 5.21. The molecule has 1 aromatic carbocycles. The van der Waals surface area contributed by atoms with Gasteiger partial charge in [0.15, 0.2) is 0 Å². The number of halogens is 1. The molecular weight excluding hydrogens is 245 g/mol. The predicted octanol–water partition coefficient (Wildman–Crippen LogP) is 2.37. The molecule has 0 bridgehead atoms. The molecule has 0 saturated carbocycles. The Morgan fingerprint density at radius 1 is 1.32 bits per heavy atom. The lowest BCUT2D eigenvalue weighted by Crippen LogP contribution is -2.34. The van der Waals surface area contributed by atoms with Crippen molar-refractivity contribution in [3.05, 3.63) is 28.6 Å². The summed E-state index contributed by atoms with van der Waals surface area (Å²) >= 11 is 0. The fraction of sp³-hybridized carbons (Fsp3) is 0.600. The highest BCUT2D eigenvalue weighted by Crippen LogP contribution is 2.36. The molecule has 1 N–H and O–H groups in total. The van der Waals surface area contributed by atoms with Gasteiger partial charge in [0.05, 0.1) is 19.8 Å². The molecule has 1 heterocycles. The van der Waals surface area contributed by atoms with E-state index in [0.29, 0.717) is 18.7 Å². The van der Waals surface area contributed by atoms with Gasteiger partial charge in [-0.05, 0) is 37.3 Å². The van der Waals surface area contributed by atoms with Crippen LogP contribution in [-0.2, 0) is 17.6 Å². The molecule has 1 atom stereocenters. The van der Waals surface area contributed by atoms with Crippen LogP contribution in [0.5, 0.6) is 5.75 Å². The quantitative estimate of drug-likeness (QED) is 0.890. The van der Waals surface area contributed by atoms with E-state index >= 15 is 0 Å². The van der Waals surface area contributed by atoms with Crippen molar-refractivity contribution in [3.63, 3.8) is 0 Å². The summed E-state index contributed by atoms with van der Waals surface area (Å²) in [5.41, 5.74) is 2.54. The molecule has 3 rings (SSSR count). The smallest absolute Gasteiger partial charge is 0.132 e. The first kappa shape index (κ1) is 12.9. The molecule has 1 unspecified atom stereocenters. The molecule has 19 heavy (non-hydrogen) atoms. The van der Waals surface area contributed by atoms with Gasteiger partial charge in [-0.25, -0.2) is 4.39 Å². The van der Waals surface area contributed by atoms with Gasteiger partial charge in [-0.15, -0.1) is 0 Å². The predicted molar refractivity (Wildman–Crippen MR) is 71.2 cm³/mol. The van der Waals surface area contributed by atoms with E-state index in [-0.39, 0.29) is 11.9 Å². The average molecular weight is 265 g/mol. The zero-order valence-electron chi connectivity index (χ0n) is 11.3. The molecule has 0 aromatic heterocycles. The summed E-state index contributed by atoms with van der Waals surface area (Å²) in [6.45, 7) is 2.13. The van der Waals surface area contributed by atoms with Crippen LogP contribution in [0, 0.1) is 5.82 Å². The molecule has 4 heteroatoms. The fourth-order valence-corrected chi connectivity index (χ4v) is 3.07. The van der Waals surface area contributed by atoms with Crippen molar-refractivity contribution in [3.8, 4) is 5.75 Å². The first-order valence-electron chi connectivity index (χ1n) is 7.01. The van der Waals surface area contributed by atoms with Gasteiger partial charge in [-0.3, -0.25) is 0 Å². The molecule has 0 spiro atoms. The third kappa shape index (κ3) is 2.35. The highest BCUT2D eigenvalue weighted by Gasteiger charge is 2.26. The largest absolute Gasteiger partial charge is 0.496 e. The summed E-state index contributed by atoms with van der Waals surface area (Å²) in [6.07, 6.45) is 3.70. The highest BCUT2D eigenvalue weighted by molar-refractivity contribution is 5.47. The van der Waals surface area contributed by atoms with Crippen molar-refractivity contribution in [2.75, 3.05) is 26.8 Å². The van der Waals surface area contributed by atoms with E-state index in [1.807, 2.05) is 6.07 Å². The van der Waals surface area contributed by atoms with Crippen LogP contribution >= 0.6 is 0 Å². The van der Waals surface area contributed by atoms with Gasteiger partial charge in [-0.1, -0.05) is 0 Å². The summed E-state index contributed by atoms with van der Waals surface area (Å²) in [6, 6.07) is 1.83. The second kappa shape index (κ2) is 5.47. The minimum atomic E-state index is -0.199. The maximum Gasteiger partial charge on any atom is 0.132 e. The second-order valence-electron chi connectivity index (χ2n) is 5.21. The minimum absolute atomic E-state index is 0.0794. The van der Waals surface area contributed by atoms with E-state index < -0.39 is 0 Å². The summed E-state index contributed by atoms with van der Waals surface area (Å²) in [5, 5.41) is 3.25. The topological polar surface area (TPSA) is 30.5 Å². The molecule has 1 aromatic rings. The van der Waals surface area contributed by atoms with Crippen molar-refractivity contribution < 1.29 is 13.9 Å². The van der Waals surface area contributed by atoms with Gasteiger partial charge in [-0.2, -0.15) is 0 Å². The number of rotatable bonds is 2. The third-order valence-corrected chi connectivity index (χ3v) is 4.06. The average Bonchev–Trinajstić information content (AvgIpc) is 2.49. The molecule has 1 aliphatic carbocycles. The van der Waals surface area contributed by atoms with E-state index in [0.717, 1.165) is 49.1 Å². The molecule has 1 saturated heterocycles. The minimum Gasteiger partial charge on any atom is -0.496 e. The van der Waals surface area contributed by atoms with Gasteiger partial charge >= 0.3 is 0 Å². The Morgan fingerprint density at radius 2 is 2.11 bits per heavy atom. The number of methoxy groups -OCH3 is 1. The SMILES string of the molecule is COc1cc(C2CNCCO2)c(F)c2c1CCCC2. The monoisotopic (exact) mass is 265 g/mol. The normalized spacial score (nSPS) is 22.9. The van der Waals surface area contributed by atoms with Crippen molar-refractivity contribution in [1.29, 1.82) is 0 Å². The van der Waals surface area contributed by atoms with E-state index in [2.05, 4.69) is 5.32 Å². The highest BCUT2D eigenvalue weighted by atomic mass is 19.1. The van der Waals surface area contributed by atoms with Gasteiger partial charge < -0.3 is 14.8 Å². The first-order valence-corrected chi connectivity index (χ1v) is 7.01. The Morgan fingerprint density at radius 3 is 2.79 bits per heavy atom. The van der Waals surface area contributed by atoms with Crippen molar-refractivity contribution >= 4 is 0 Å². The number of hydrogen-bond donors (Lipinski definition) is 1. The Bertz CT molecular complexity index is 470. The third-order valence-electron chi connectivity index (χ3n) is 4.06.